The van der Waals surface area contributed by atoms with Crippen LogP contribution in [0, 0.1) is 0 Å². The molecule has 0 unspecified atom stereocenters. The molecule has 0 aliphatic carbocycles. The highest BCUT2D eigenvalue weighted by molar-refractivity contribution is 5.91. The van der Waals surface area contributed by atoms with E-state index >= 15 is 0 Å². The quantitative estimate of drug-likeness (QED) is 0.346. The van der Waals surface area contributed by atoms with E-state index in [4.69, 9.17) is 28.5 Å². The first-order valence-corrected chi connectivity index (χ1v) is 10.0. The SMILES string of the molecule is O=C(O)[C@H]1O[C@@H](Oc2ccc(-c3coc4cc5c(c(O)c4c3=O)OCO5)cc2)[C@H](O)[C@@H](O)[C@@H]1O. The lowest BCUT2D eigenvalue weighted by Gasteiger charge is -2.38. The molecule has 3 heterocycles. The number of benzene rings is 2. The van der Waals surface area contributed by atoms with Crippen LogP contribution in [0.15, 0.2) is 45.8 Å². The first kappa shape index (κ1) is 22.0. The molecule has 178 valence electrons. The highest BCUT2D eigenvalue weighted by atomic mass is 16.7. The van der Waals surface area contributed by atoms with Gasteiger partial charge in [0.2, 0.25) is 24.3 Å². The molecule has 5 atom stereocenters. The maximum atomic E-state index is 13.1. The highest BCUT2D eigenvalue weighted by Crippen LogP contribution is 2.44. The summed E-state index contributed by atoms with van der Waals surface area (Å²) in [5.41, 5.74) is 0.140. The van der Waals surface area contributed by atoms with Crippen molar-refractivity contribution in [2.24, 2.45) is 0 Å². The summed E-state index contributed by atoms with van der Waals surface area (Å²) < 4.78 is 26.5. The van der Waals surface area contributed by atoms with Crippen LogP contribution in [0.1, 0.15) is 0 Å². The number of aromatic hydroxyl groups is 1. The van der Waals surface area contributed by atoms with E-state index in [0.29, 0.717) is 5.56 Å². The average Bonchev–Trinajstić information content (AvgIpc) is 3.29. The van der Waals surface area contributed by atoms with Crippen LogP contribution in [-0.2, 0) is 9.53 Å². The Balaban J connectivity index is 1.42. The fraction of sp³-hybridized carbons (Fsp3) is 0.273. The van der Waals surface area contributed by atoms with E-state index < -0.39 is 47.9 Å². The van der Waals surface area contributed by atoms with Crippen molar-refractivity contribution in [3.8, 4) is 34.1 Å². The molecule has 0 amide bonds. The van der Waals surface area contributed by atoms with Gasteiger partial charge in [0.05, 0.1) is 5.56 Å². The van der Waals surface area contributed by atoms with Gasteiger partial charge in [0.1, 0.15) is 41.3 Å². The summed E-state index contributed by atoms with van der Waals surface area (Å²) in [7, 11) is 0. The Labute approximate surface area is 189 Å². The summed E-state index contributed by atoms with van der Waals surface area (Å²) in [6.45, 7) is -0.0929. The largest absolute Gasteiger partial charge is 0.504 e. The Morgan fingerprint density at radius 2 is 1.76 bits per heavy atom. The van der Waals surface area contributed by atoms with E-state index in [-0.39, 0.29) is 40.6 Å². The third kappa shape index (κ3) is 3.49. The molecule has 2 aliphatic rings. The van der Waals surface area contributed by atoms with Gasteiger partial charge in [-0.05, 0) is 17.7 Å². The summed E-state index contributed by atoms with van der Waals surface area (Å²) in [5.74, 6) is -1.48. The Bertz CT molecular complexity index is 1310. The number of carboxylic acid groups (broad SMARTS) is 1. The molecule has 3 aromatic rings. The summed E-state index contributed by atoms with van der Waals surface area (Å²) in [6.07, 6.45) is -7.49. The second-order valence-corrected chi connectivity index (χ2v) is 7.69. The molecule has 12 nitrogen and oxygen atoms in total. The maximum Gasteiger partial charge on any atom is 0.335 e. The van der Waals surface area contributed by atoms with Crippen LogP contribution in [0.2, 0.25) is 0 Å². The van der Waals surface area contributed by atoms with E-state index in [1.807, 2.05) is 0 Å². The fourth-order valence-electron chi connectivity index (χ4n) is 3.82. The van der Waals surface area contributed by atoms with Crippen molar-refractivity contribution in [1.82, 2.24) is 0 Å². The number of aliphatic hydroxyl groups excluding tert-OH is 3. The number of hydrogen-bond acceptors (Lipinski definition) is 11. The molecular formula is C22H18O12. The van der Waals surface area contributed by atoms with Gasteiger partial charge in [-0.25, -0.2) is 4.79 Å². The van der Waals surface area contributed by atoms with E-state index in [2.05, 4.69) is 0 Å². The lowest BCUT2D eigenvalue weighted by molar-refractivity contribution is -0.271. The number of rotatable bonds is 4. The van der Waals surface area contributed by atoms with Crippen LogP contribution < -0.4 is 19.6 Å². The zero-order valence-corrected chi connectivity index (χ0v) is 17.2. The van der Waals surface area contributed by atoms with Crippen molar-refractivity contribution < 1.29 is 53.7 Å². The summed E-state index contributed by atoms with van der Waals surface area (Å²) in [4.78, 5) is 24.3. The van der Waals surface area contributed by atoms with Crippen molar-refractivity contribution in [3.63, 3.8) is 0 Å². The number of ether oxygens (including phenoxy) is 4. The number of hydrogen-bond donors (Lipinski definition) is 5. The van der Waals surface area contributed by atoms with Gasteiger partial charge in [-0.1, -0.05) is 12.1 Å². The fourth-order valence-corrected chi connectivity index (χ4v) is 3.82. The third-order valence-corrected chi connectivity index (χ3v) is 5.61. The minimum absolute atomic E-state index is 0.0544. The second-order valence-electron chi connectivity index (χ2n) is 7.69. The van der Waals surface area contributed by atoms with Crippen molar-refractivity contribution in [1.29, 1.82) is 0 Å². The first-order valence-electron chi connectivity index (χ1n) is 10.0. The monoisotopic (exact) mass is 474 g/mol. The number of phenols is 1. The van der Waals surface area contributed by atoms with Crippen LogP contribution in [0.4, 0.5) is 0 Å². The number of carboxylic acids is 1. The summed E-state index contributed by atoms with van der Waals surface area (Å²) in [6, 6.07) is 7.27. The van der Waals surface area contributed by atoms with Crippen molar-refractivity contribution >= 4 is 16.9 Å². The van der Waals surface area contributed by atoms with Gasteiger partial charge in [-0.3, -0.25) is 4.79 Å². The van der Waals surface area contributed by atoms with E-state index in [1.54, 1.807) is 0 Å². The molecule has 0 spiro atoms. The molecule has 34 heavy (non-hydrogen) atoms. The van der Waals surface area contributed by atoms with Gasteiger partial charge < -0.3 is 48.9 Å². The number of aliphatic carboxylic acids is 1. The summed E-state index contributed by atoms with van der Waals surface area (Å²) in [5, 5.41) is 49.3. The Kier molecular flexibility index (Phi) is 5.29. The van der Waals surface area contributed by atoms with E-state index in [9.17, 15) is 30.0 Å². The number of phenolic OH excluding ortho intramolecular Hbond substituents is 1. The molecule has 1 fully saturated rings. The zero-order valence-electron chi connectivity index (χ0n) is 17.2. The zero-order chi connectivity index (χ0) is 24.1. The van der Waals surface area contributed by atoms with Crippen LogP contribution in [-0.4, -0.2) is 69.0 Å². The van der Waals surface area contributed by atoms with Crippen molar-refractivity contribution in [2.75, 3.05) is 6.79 Å². The molecule has 0 bridgehead atoms. The van der Waals surface area contributed by atoms with Gasteiger partial charge in [0.25, 0.3) is 0 Å². The minimum Gasteiger partial charge on any atom is -0.504 e. The molecular weight excluding hydrogens is 456 g/mol. The molecule has 5 rings (SSSR count). The van der Waals surface area contributed by atoms with Gasteiger partial charge in [0, 0.05) is 6.07 Å². The average molecular weight is 474 g/mol. The van der Waals surface area contributed by atoms with Gasteiger partial charge in [-0.15, -0.1) is 0 Å². The second kappa shape index (κ2) is 8.18. The Hall–Kier alpha value is -3.84. The predicted molar refractivity (Wildman–Crippen MR) is 111 cm³/mol. The van der Waals surface area contributed by atoms with Gasteiger partial charge in [0.15, 0.2) is 17.6 Å². The molecule has 1 saturated heterocycles. The van der Waals surface area contributed by atoms with E-state index in [0.717, 1.165) is 0 Å². The Morgan fingerprint density at radius 3 is 2.47 bits per heavy atom. The van der Waals surface area contributed by atoms with Crippen molar-refractivity contribution in [2.45, 2.75) is 30.7 Å². The van der Waals surface area contributed by atoms with Gasteiger partial charge >= 0.3 is 5.97 Å². The Morgan fingerprint density at radius 1 is 1.03 bits per heavy atom. The molecule has 12 heteroatoms. The first-order chi connectivity index (χ1) is 16.3. The van der Waals surface area contributed by atoms with E-state index in [1.165, 1.54) is 36.6 Å². The highest BCUT2D eigenvalue weighted by Gasteiger charge is 2.48. The molecule has 2 aliphatic heterocycles. The molecule has 1 aromatic heterocycles. The number of aliphatic hydroxyl groups is 3. The topological polar surface area (TPSA) is 185 Å². The van der Waals surface area contributed by atoms with Crippen LogP contribution >= 0.6 is 0 Å². The van der Waals surface area contributed by atoms with Crippen LogP contribution in [0.5, 0.6) is 23.0 Å². The molecule has 2 aromatic carbocycles. The third-order valence-electron chi connectivity index (χ3n) is 5.61. The predicted octanol–water partition coefficient (Wildman–Crippen LogP) is 0.165. The molecule has 0 saturated carbocycles. The maximum absolute atomic E-state index is 13.1. The molecule has 5 N–H and O–H groups in total. The van der Waals surface area contributed by atoms with Crippen LogP contribution in [0.3, 0.4) is 0 Å². The summed E-state index contributed by atoms with van der Waals surface area (Å²) >= 11 is 0. The smallest absolute Gasteiger partial charge is 0.335 e. The standard InChI is InChI=1S/C22H18O12/c23-14-10(6-30-11-5-12-19(32-7-31-12)15(24)13(11)14)8-1-3-9(4-2-8)33-22-18(27)16(25)17(26)20(34-22)21(28)29/h1-6,16-18,20,22,24-27H,7H2,(H,28,29)/t16-,17-,18+,20-,22+/m0/s1. The van der Waals surface area contributed by atoms with Crippen molar-refractivity contribution in [3.05, 3.63) is 46.8 Å². The van der Waals surface area contributed by atoms with Crippen LogP contribution in [0.25, 0.3) is 22.1 Å². The minimum atomic E-state index is -1.84. The lowest BCUT2D eigenvalue weighted by Crippen LogP contribution is -2.61. The number of fused-ring (bicyclic) bond motifs is 2. The normalized spacial score (nSPS) is 25.9. The lowest BCUT2D eigenvalue weighted by atomic mass is 9.99. The number of carbonyl (C=O) groups is 1. The molecule has 0 radical (unpaired) electrons. The van der Waals surface area contributed by atoms with Gasteiger partial charge in [-0.2, -0.15) is 0 Å².